The minimum atomic E-state index is -0.720. The number of unbranched alkanes of at least 4 members (excludes halogenated alkanes) is 2. The van der Waals surface area contributed by atoms with Crippen molar-refractivity contribution in [2.45, 2.75) is 65.4 Å². The van der Waals surface area contributed by atoms with Crippen molar-refractivity contribution in [1.29, 1.82) is 0 Å². The summed E-state index contributed by atoms with van der Waals surface area (Å²) in [6.45, 7) is 6.94. The van der Waals surface area contributed by atoms with Crippen LogP contribution in [0.4, 0.5) is 13.6 Å². The third-order valence-corrected chi connectivity index (χ3v) is 4.82. The van der Waals surface area contributed by atoms with Crippen LogP contribution in [0.1, 0.15) is 71.0 Å². The topological polar surface area (TPSA) is 56.8 Å². The van der Waals surface area contributed by atoms with E-state index in [0.29, 0.717) is 12.2 Å². The molecule has 0 aliphatic rings. The average Bonchev–Trinajstić information content (AvgIpc) is 2.71. The summed E-state index contributed by atoms with van der Waals surface area (Å²) >= 11 is 0. The molecule has 0 radical (unpaired) electrons. The summed E-state index contributed by atoms with van der Waals surface area (Å²) in [5.74, 6) is -1.25. The molecule has 0 saturated carbocycles. The SMILES string of the molecule is CCCCOc1c(F)cc(F)cc1[C@H](OCCNC(=O)OC)[C@@H](CC)CCCC. The maximum absolute atomic E-state index is 14.6. The molecule has 166 valence electrons. The van der Waals surface area contributed by atoms with Crippen LogP contribution in [-0.4, -0.2) is 33.0 Å². The number of alkyl carbamates (subject to hydrolysis) is 1. The zero-order valence-electron chi connectivity index (χ0n) is 18.1. The van der Waals surface area contributed by atoms with Gasteiger partial charge in [-0.3, -0.25) is 0 Å². The van der Waals surface area contributed by atoms with Crippen molar-refractivity contribution >= 4 is 6.09 Å². The molecule has 29 heavy (non-hydrogen) atoms. The van der Waals surface area contributed by atoms with Gasteiger partial charge in [0.1, 0.15) is 5.82 Å². The average molecular weight is 416 g/mol. The van der Waals surface area contributed by atoms with Gasteiger partial charge in [0.15, 0.2) is 11.6 Å². The first-order valence-electron chi connectivity index (χ1n) is 10.5. The number of benzene rings is 1. The summed E-state index contributed by atoms with van der Waals surface area (Å²) < 4.78 is 44.9. The van der Waals surface area contributed by atoms with Crippen LogP contribution in [0.25, 0.3) is 0 Å². The number of nitrogens with one attached hydrogen (secondary N) is 1. The van der Waals surface area contributed by atoms with Crippen molar-refractivity contribution in [3.63, 3.8) is 0 Å². The Morgan fingerprint density at radius 1 is 1.10 bits per heavy atom. The smallest absolute Gasteiger partial charge is 0.406 e. The van der Waals surface area contributed by atoms with Crippen LogP contribution in [0.2, 0.25) is 0 Å². The molecule has 0 bridgehead atoms. The lowest BCUT2D eigenvalue weighted by Gasteiger charge is -2.29. The Morgan fingerprint density at radius 3 is 2.45 bits per heavy atom. The van der Waals surface area contributed by atoms with E-state index in [-0.39, 0.29) is 24.8 Å². The lowest BCUT2D eigenvalue weighted by Crippen LogP contribution is -2.28. The molecule has 0 unspecified atom stereocenters. The lowest BCUT2D eigenvalue weighted by molar-refractivity contribution is 0.00512. The molecule has 0 aliphatic carbocycles. The van der Waals surface area contributed by atoms with Crippen molar-refractivity contribution in [3.05, 3.63) is 29.3 Å². The maximum Gasteiger partial charge on any atom is 0.406 e. The Morgan fingerprint density at radius 2 is 1.83 bits per heavy atom. The van der Waals surface area contributed by atoms with Crippen molar-refractivity contribution in [3.8, 4) is 5.75 Å². The molecule has 1 amide bonds. The van der Waals surface area contributed by atoms with Crippen molar-refractivity contribution in [2.75, 3.05) is 26.9 Å². The molecule has 5 nitrogen and oxygen atoms in total. The van der Waals surface area contributed by atoms with E-state index in [2.05, 4.69) is 17.0 Å². The van der Waals surface area contributed by atoms with E-state index in [4.69, 9.17) is 9.47 Å². The lowest BCUT2D eigenvalue weighted by atomic mass is 9.88. The summed E-state index contributed by atoms with van der Waals surface area (Å²) in [5.41, 5.74) is 0.389. The molecule has 1 N–H and O–H groups in total. The highest BCUT2D eigenvalue weighted by Gasteiger charge is 2.28. The van der Waals surface area contributed by atoms with Crippen LogP contribution in [-0.2, 0) is 9.47 Å². The van der Waals surface area contributed by atoms with Crippen LogP contribution in [0.15, 0.2) is 12.1 Å². The van der Waals surface area contributed by atoms with E-state index in [9.17, 15) is 13.6 Å². The zero-order valence-corrected chi connectivity index (χ0v) is 18.1. The van der Waals surface area contributed by atoms with Gasteiger partial charge in [0, 0.05) is 18.2 Å². The van der Waals surface area contributed by atoms with Crippen LogP contribution in [0.3, 0.4) is 0 Å². The highest BCUT2D eigenvalue weighted by Crippen LogP contribution is 2.39. The first-order chi connectivity index (χ1) is 14.0. The Kier molecular flexibility index (Phi) is 12.3. The second-order valence-electron chi connectivity index (χ2n) is 7.03. The van der Waals surface area contributed by atoms with Crippen LogP contribution < -0.4 is 10.1 Å². The Labute approximate surface area is 173 Å². The summed E-state index contributed by atoms with van der Waals surface area (Å²) in [4.78, 5) is 11.2. The molecule has 1 aromatic carbocycles. The van der Waals surface area contributed by atoms with Crippen molar-refractivity contribution in [1.82, 2.24) is 5.32 Å². The molecule has 1 rings (SSSR count). The second-order valence-corrected chi connectivity index (χ2v) is 7.03. The molecular weight excluding hydrogens is 380 g/mol. The zero-order chi connectivity index (χ0) is 21.6. The Hall–Kier alpha value is -1.89. The van der Waals surface area contributed by atoms with Gasteiger partial charge >= 0.3 is 6.09 Å². The molecule has 0 aliphatic heterocycles. The standard InChI is InChI=1S/C22H35F2NO4/c1-5-8-10-16(7-3)20(29-13-11-25-22(26)27-4)18-14-17(23)15-19(24)21(18)28-12-9-6-2/h14-16,20H,5-13H2,1-4H3,(H,25,26)/t16-,20+/m0/s1. The summed E-state index contributed by atoms with van der Waals surface area (Å²) in [6, 6.07) is 2.14. The second kappa shape index (κ2) is 14.1. The highest BCUT2D eigenvalue weighted by atomic mass is 19.1. The number of halogens is 2. The van der Waals surface area contributed by atoms with Gasteiger partial charge in [0.05, 0.1) is 26.4 Å². The van der Waals surface area contributed by atoms with Crippen LogP contribution in [0, 0.1) is 17.6 Å². The minimum Gasteiger partial charge on any atom is -0.490 e. The van der Waals surface area contributed by atoms with E-state index in [1.165, 1.54) is 13.2 Å². The fourth-order valence-electron chi connectivity index (χ4n) is 3.19. The first kappa shape index (κ1) is 25.1. The van der Waals surface area contributed by atoms with Gasteiger partial charge in [-0.25, -0.2) is 13.6 Å². The largest absolute Gasteiger partial charge is 0.490 e. The van der Waals surface area contributed by atoms with Gasteiger partial charge in [-0.1, -0.05) is 46.5 Å². The van der Waals surface area contributed by atoms with Gasteiger partial charge in [-0.05, 0) is 24.8 Å². The normalized spacial score (nSPS) is 13.0. The Balaban J connectivity index is 3.12. The first-order valence-corrected chi connectivity index (χ1v) is 10.5. The van der Waals surface area contributed by atoms with E-state index < -0.39 is 23.8 Å². The number of rotatable bonds is 14. The van der Waals surface area contributed by atoms with Crippen molar-refractivity contribution < 1.29 is 27.8 Å². The third-order valence-electron chi connectivity index (χ3n) is 4.82. The number of methoxy groups -OCH3 is 1. The van der Waals surface area contributed by atoms with Gasteiger partial charge in [-0.2, -0.15) is 0 Å². The van der Waals surface area contributed by atoms with Crippen molar-refractivity contribution in [2.24, 2.45) is 5.92 Å². The number of amides is 1. The fourth-order valence-corrected chi connectivity index (χ4v) is 3.19. The molecule has 0 fully saturated rings. The van der Waals surface area contributed by atoms with E-state index in [0.717, 1.165) is 44.6 Å². The molecule has 0 aromatic heterocycles. The fraction of sp³-hybridized carbons (Fsp3) is 0.682. The number of carbonyl (C=O) groups is 1. The molecule has 2 atom stereocenters. The van der Waals surface area contributed by atoms with Gasteiger partial charge in [0.2, 0.25) is 0 Å². The third kappa shape index (κ3) is 8.56. The predicted molar refractivity (Wildman–Crippen MR) is 109 cm³/mol. The molecule has 1 aromatic rings. The number of hydrogen-bond donors (Lipinski definition) is 1. The van der Waals surface area contributed by atoms with Crippen LogP contribution in [0.5, 0.6) is 5.75 Å². The summed E-state index contributed by atoms with van der Waals surface area (Å²) in [7, 11) is 1.28. The highest BCUT2D eigenvalue weighted by molar-refractivity contribution is 5.66. The minimum absolute atomic E-state index is 0.0562. The van der Waals surface area contributed by atoms with E-state index in [1.54, 1.807) is 0 Å². The number of carbonyl (C=O) groups excluding carboxylic acids is 1. The molecular formula is C22H35F2NO4. The van der Waals surface area contributed by atoms with Gasteiger partial charge in [-0.15, -0.1) is 0 Å². The summed E-state index contributed by atoms with van der Waals surface area (Å²) in [5, 5.41) is 2.55. The maximum atomic E-state index is 14.6. The van der Waals surface area contributed by atoms with Gasteiger partial charge < -0.3 is 19.5 Å². The monoisotopic (exact) mass is 415 g/mol. The summed E-state index contributed by atoms with van der Waals surface area (Å²) in [6.07, 6.45) is 4.27. The molecule has 0 saturated heterocycles. The predicted octanol–water partition coefficient (Wildman–Crippen LogP) is 5.77. The van der Waals surface area contributed by atoms with E-state index in [1.807, 2.05) is 13.8 Å². The number of hydrogen-bond acceptors (Lipinski definition) is 4. The van der Waals surface area contributed by atoms with Gasteiger partial charge in [0.25, 0.3) is 0 Å². The Bertz CT molecular complexity index is 613. The number of ether oxygens (including phenoxy) is 3. The van der Waals surface area contributed by atoms with Crippen LogP contribution >= 0.6 is 0 Å². The van der Waals surface area contributed by atoms with E-state index >= 15 is 0 Å². The molecule has 0 heterocycles. The molecule has 7 heteroatoms. The quantitative estimate of drug-likeness (QED) is 0.392. The molecule has 0 spiro atoms.